The summed E-state index contributed by atoms with van der Waals surface area (Å²) in [6.07, 6.45) is 0. The standard InChI is InChI=1S/C24H22N2/c1-24(2,3)19-15-10-16-20-23(19)26-22(18-13-8-5-9-14-18)21(25-20)17-11-6-4-7-12-17/h4-16H,1-3H3. The second-order valence-corrected chi connectivity index (χ2v) is 7.58. The molecule has 0 bridgehead atoms. The highest BCUT2D eigenvalue weighted by Crippen LogP contribution is 2.34. The van der Waals surface area contributed by atoms with Gasteiger partial charge in [-0.3, -0.25) is 0 Å². The van der Waals surface area contributed by atoms with Crippen LogP contribution in [0.4, 0.5) is 0 Å². The van der Waals surface area contributed by atoms with Crippen molar-refractivity contribution in [2.45, 2.75) is 26.2 Å². The van der Waals surface area contributed by atoms with E-state index in [9.17, 15) is 0 Å². The Morgan fingerprint density at radius 2 is 1.12 bits per heavy atom. The maximum absolute atomic E-state index is 5.13. The summed E-state index contributed by atoms with van der Waals surface area (Å²) in [5, 5.41) is 0. The second-order valence-electron chi connectivity index (χ2n) is 7.58. The Kier molecular flexibility index (Phi) is 4.04. The maximum atomic E-state index is 5.13. The zero-order valence-electron chi connectivity index (χ0n) is 15.4. The molecule has 0 aliphatic rings. The third-order valence-corrected chi connectivity index (χ3v) is 4.60. The highest BCUT2D eigenvalue weighted by atomic mass is 14.8. The molecule has 1 heterocycles. The van der Waals surface area contributed by atoms with Crippen LogP contribution >= 0.6 is 0 Å². The average Bonchev–Trinajstić information content (AvgIpc) is 2.67. The highest BCUT2D eigenvalue weighted by molar-refractivity contribution is 5.88. The Hall–Kier alpha value is -3.00. The van der Waals surface area contributed by atoms with Crippen LogP contribution in [-0.4, -0.2) is 9.97 Å². The molecule has 0 atom stereocenters. The van der Waals surface area contributed by atoms with Crippen molar-refractivity contribution in [3.63, 3.8) is 0 Å². The predicted molar refractivity (Wildman–Crippen MR) is 109 cm³/mol. The Morgan fingerprint density at radius 1 is 0.577 bits per heavy atom. The van der Waals surface area contributed by atoms with Crippen LogP contribution in [0.5, 0.6) is 0 Å². The molecule has 0 saturated heterocycles. The molecule has 0 radical (unpaired) electrons. The topological polar surface area (TPSA) is 25.8 Å². The van der Waals surface area contributed by atoms with Crippen molar-refractivity contribution in [2.24, 2.45) is 0 Å². The number of hydrogen-bond donors (Lipinski definition) is 0. The van der Waals surface area contributed by atoms with E-state index in [1.807, 2.05) is 36.4 Å². The van der Waals surface area contributed by atoms with E-state index in [4.69, 9.17) is 9.97 Å². The van der Waals surface area contributed by atoms with Gasteiger partial charge >= 0.3 is 0 Å². The summed E-state index contributed by atoms with van der Waals surface area (Å²) in [5.41, 5.74) is 7.19. The number of fused-ring (bicyclic) bond motifs is 1. The zero-order chi connectivity index (χ0) is 18.1. The summed E-state index contributed by atoms with van der Waals surface area (Å²) in [4.78, 5) is 10.2. The van der Waals surface area contributed by atoms with Gasteiger partial charge in [0.25, 0.3) is 0 Å². The zero-order valence-corrected chi connectivity index (χ0v) is 15.4. The van der Waals surface area contributed by atoms with Crippen molar-refractivity contribution in [3.8, 4) is 22.5 Å². The van der Waals surface area contributed by atoms with Gasteiger partial charge in [0.2, 0.25) is 0 Å². The van der Waals surface area contributed by atoms with Crippen molar-refractivity contribution >= 4 is 11.0 Å². The van der Waals surface area contributed by atoms with Crippen molar-refractivity contribution in [1.82, 2.24) is 9.97 Å². The minimum atomic E-state index is 0.0103. The van der Waals surface area contributed by atoms with E-state index in [1.165, 1.54) is 5.56 Å². The van der Waals surface area contributed by atoms with Gasteiger partial charge in [0.15, 0.2) is 0 Å². The first kappa shape index (κ1) is 16.5. The van der Waals surface area contributed by atoms with E-state index < -0.39 is 0 Å². The quantitative estimate of drug-likeness (QED) is 0.431. The van der Waals surface area contributed by atoms with Crippen LogP contribution in [0.1, 0.15) is 26.3 Å². The van der Waals surface area contributed by atoms with Crippen molar-refractivity contribution in [2.75, 3.05) is 0 Å². The first-order valence-electron chi connectivity index (χ1n) is 8.96. The molecule has 0 spiro atoms. The molecule has 3 aromatic carbocycles. The highest BCUT2D eigenvalue weighted by Gasteiger charge is 2.20. The third-order valence-electron chi connectivity index (χ3n) is 4.60. The Morgan fingerprint density at radius 3 is 1.65 bits per heavy atom. The molecule has 0 aliphatic heterocycles. The Balaban J connectivity index is 2.07. The fourth-order valence-corrected chi connectivity index (χ4v) is 3.28. The summed E-state index contributed by atoms with van der Waals surface area (Å²) in [6, 6.07) is 26.9. The number of para-hydroxylation sites is 1. The van der Waals surface area contributed by atoms with Crippen molar-refractivity contribution in [1.29, 1.82) is 0 Å². The number of nitrogens with zero attached hydrogens (tertiary/aromatic N) is 2. The largest absolute Gasteiger partial charge is 0.244 e. The van der Waals surface area contributed by atoms with Gasteiger partial charge in [-0.2, -0.15) is 0 Å². The van der Waals surface area contributed by atoms with E-state index in [0.29, 0.717) is 0 Å². The second kappa shape index (κ2) is 6.38. The number of rotatable bonds is 2. The molecule has 2 nitrogen and oxygen atoms in total. The van der Waals surface area contributed by atoms with Gasteiger partial charge in [0.05, 0.1) is 22.4 Å². The Bertz CT molecular complexity index is 1050. The van der Waals surface area contributed by atoms with Gasteiger partial charge in [-0.1, -0.05) is 93.6 Å². The lowest BCUT2D eigenvalue weighted by molar-refractivity contribution is 0.594. The SMILES string of the molecule is CC(C)(C)c1cccc2nc(-c3ccccc3)c(-c3ccccc3)nc12. The van der Waals surface area contributed by atoms with E-state index in [1.54, 1.807) is 0 Å². The van der Waals surface area contributed by atoms with Crippen LogP contribution in [0.15, 0.2) is 78.9 Å². The minimum Gasteiger partial charge on any atom is -0.244 e. The van der Waals surface area contributed by atoms with Crippen LogP contribution in [0.3, 0.4) is 0 Å². The maximum Gasteiger partial charge on any atom is 0.0973 e. The molecule has 0 unspecified atom stereocenters. The van der Waals surface area contributed by atoms with Crippen molar-refractivity contribution < 1.29 is 0 Å². The summed E-state index contributed by atoms with van der Waals surface area (Å²) in [7, 11) is 0. The van der Waals surface area contributed by atoms with Crippen LogP contribution in [-0.2, 0) is 5.41 Å². The first-order valence-corrected chi connectivity index (χ1v) is 8.96. The van der Waals surface area contributed by atoms with Gasteiger partial charge < -0.3 is 0 Å². The molecular weight excluding hydrogens is 316 g/mol. The molecule has 4 aromatic rings. The molecule has 2 heteroatoms. The normalized spacial score (nSPS) is 11.7. The van der Waals surface area contributed by atoms with Crippen LogP contribution in [0.25, 0.3) is 33.5 Å². The lowest BCUT2D eigenvalue weighted by Crippen LogP contribution is -2.13. The number of aromatic nitrogens is 2. The predicted octanol–water partition coefficient (Wildman–Crippen LogP) is 6.26. The molecule has 26 heavy (non-hydrogen) atoms. The molecular formula is C24H22N2. The average molecular weight is 338 g/mol. The minimum absolute atomic E-state index is 0.0103. The van der Waals surface area contributed by atoms with Gasteiger partial charge in [-0.15, -0.1) is 0 Å². The van der Waals surface area contributed by atoms with Gasteiger partial charge in [-0.25, -0.2) is 9.97 Å². The lowest BCUT2D eigenvalue weighted by atomic mass is 9.86. The van der Waals surface area contributed by atoms with Gasteiger partial charge in [0, 0.05) is 11.1 Å². The van der Waals surface area contributed by atoms with Crippen molar-refractivity contribution in [3.05, 3.63) is 84.4 Å². The monoisotopic (exact) mass is 338 g/mol. The molecule has 0 fully saturated rings. The van der Waals surface area contributed by atoms with Crippen LogP contribution in [0, 0.1) is 0 Å². The summed E-state index contributed by atoms with van der Waals surface area (Å²) in [6.45, 7) is 6.66. The molecule has 0 aliphatic carbocycles. The van der Waals surface area contributed by atoms with E-state index in [-0.39, 0.29) is 5.41 Å². The molecule has 0 saturated carbocycles. The van der Waals surface area contributed by atoms with E-state index in [2.05, 4.69) is 63.2 Å². The van der Waals surface area contributed by atoms with Gasteiger partial charge in [-0.05, 0) is 17.0 Å². The summed E-state index contributed by atoms with van der Waals surface area (Å²) in [5.74, 6) is 0. The van der Waals surface area contributed by atoms with Gasteiger partial charge in [0.1, 0.15) is 0 Å². The van der Waals surface area contributed by atoms with Crippen LogP contribution in [0.2, 0.25) is 0 Å². The Labute approximate surface area is 154 Å². The molecule has 0 amide bonds. The molecule has 128 valence electrons. The summed E-state index contributed by atoms with van der Waals surface area (Å²) < 4.78 is 0. The first-order chi connectivity index (χ1) is 12.5. The molecule has 0 N–H and O–H groups in total. The molecule has 4 rings (SSSR count). The van der Waals surface area contributed by atoms with E-state index >= 15 is 0 Å². The van der Waals surface area contributed by atoms with E-state index in [0.717, 1.165) is 33.5 Å². The number of benzene rings is 3. The lowest BCUT2D eigenvalue weighted by Gasteiger charge is -2.21. The fraction of sp³-hybridized carbons (Fsp3) is 0.167. The smallest absolute Gasteiger partial charge is 0.0973 e. The van der Waals surface area contributed by atoms with Crippen LogP contribution < -0.4 is 0 Å². The summed E-state index contributed by atoms with van der Waals surface area (Å²) >= 11 is 0. The fourth-order valence-electron chi connectivity index (χ4n) is 3.28. The molecule has 1 aromatic heterocycles. The number of hydrogen-bond acceptors (Lipinski definition) is 2. The third kappa shape index (κ3) is 2.99.